The number of anilines is 2. The van der Waals surface area contributed by atoms with Gasteiger partial charge < -0.3 is 14.8 Å². The molecule has 58 heavy (non-hydrogen) atoms. The number of rotatable bonds is 9. The minimum absolute atomic E-state index is 0.407. The molecule has 276 valence electrons. The molecule has 0 saturated heterocycles. The Balaban J connectivity index is 1.25. The van der Waals surface area contributed by atoms with E-state index in [1.165, 1.54) is 11.1 Å². The van der Waals surface area contributed by atoms with E-state index in [2.05, 4.69) is 245 Å². The van der Waals surface area contributed by atoms with Crippen LogP contribution in [0.5, 0.6) is 0 Å². The number of hydrogen-bond acceptors (Lipinski definition) is 3. The standard InChI is InChI=1S/C54H40N4/c1-7-19-39(20-8-1)41-31-35-47(36-32-41)57-51(45-27-15-5-16-28-45)52(46-29-17-6-18-30-46)58(48-37-33-42(34-38-48)40-21-9-2-10-22-40)54(57)53-55-49(43-23-11-3-12-24-43)50(56-53)44-25-13-4-14-26-44/h1-38,54H,(H,55,56). The number of aromatic amines is 1. The van der Waals surface area contributed by atoms with Gasteiger partial charge in [0.1, 0.15) is 0 Å². The molecule has 1 aromatic heterocycles. The van der Waals surface area contributed by atoms with E-state index in [0.717, 1.165) is 73.4 Å². The molecule has 0 radical (unpaired) electrons. The van der Waals surface area contributed by atoms with E-state index in [1.54, 1.807) is 0 Å². The monoisotopic (exact) mass is 744 g/mol. The second-order valence-corrected chi connectivity index (χ2v) is 14.4. The van der Waals surface area contributed by atoms with Crippen molar-refractivity contribution >= 4 is 22.8 Å². The van der Waals surface area contributed by atoms with Crippen molar-refractivity contribution in [2.75, 3.05) is 9.80 Å². The molecule has 0 saturated carbocycles. The highest BCUT2D eigenvalue weighted by molar-refractivity contribution is 6.07. The van der Waals surface area contributed by atoms with Gasteiger partial charge in [-0.05, 0) is 46.5 Å². The molecule has 4 heteroatoms. The smallest absolute Gasteiger partial charge is 0.170 e. The van der Waals surface area contributed by atoms with Gasteiger partial charge in [0, 0.05) is 33.6 Å². The first-order chi connectivity index (χ1) is 28.8. The van der Waals surface area contributed by atoms with Crippen LogP contribution in [0.1, 0.15) is 23.1 Å². The van der Waals surface area contributed by atoms with Gasteiger partial charge in [-0.2, -0.15) is 0 Å². The molecule has 8 aromatic carbocycles. The van der Waals surface area contributed by atoms with Crippen LogP contribution in [0.4, 0.5) is 11.4 Å². The Bertz CT molecular complexity index is 2590. The summed E-state index contributed by atoms with van der Waals surface area (Å²) in [7, 11) is 0. The fourth-order valence-corrected chi connectivity index (χ4v) is 8.14. The SMILES string of the molecule is c1ccc(C2=C(c3ccccc3)N(c3ccc(-c4ccccc4)cc3)C(c3nc(-c4ccccc4)c(-c4ccccc4)[nH]3)N2c2ccc(-c3ccccc3)cc2)cc1. The van der Waals surface area contributed by atoms with Gasteiger partial charge in [0.15, 0.2) is 12.0 Å². The van der Waals surface area contributed by atoms with Gasteiger partial charge in [0.05, 0.1) is 22.8 Å². The summed E-state index contributed by atoms with van der Waals surface area (Å²) in [6.07, 6.45) is -0.407. The number of aromatic nitrogens is 2. The fourth-order valence-electron chi connectivity index (χ4n) is 8.14. The van der Waals surface area contributed by atoms with E-state index in [1.807, 2.05) is 0 Å². The molecule has 9 aromatic rings. The van der Waals surface area contributed by atoms with Crippen molar-refractivity contribution in [2.24, 2.45) is 0 Å². The summed E-state index contributed by atoms with van der Waals surface area (Å²) in [5.74, 6) is 0.830. The average Bonchev–Trinajstić information content (AvgIpc) is 3.92. The second kappa shape index (κ2) is 15.4. The number of H-pyrrole nitrogens is 1. The minimum atomic E-state index is -0.407. The molecule has 0 aliphatic carbocycles. The third-order valence-corrected chi connectivity index (χ3v) is 10.9. The Morgan fingerprint density at radius 3 is 1.00 bits per heavy atom. The minimum Gasteiger partial charge on any atom is -0.338 e. The van der Waals surface area contributed by atoms with E-state index >= 15 is 0 Å². The summed E-state index contributed by atoms with van der Waals surface area (Å²) < 4.78 is 0. The zero-order valence-electron chi connectivity index (χ0n) is 31.9. The molecule has 0 fully saturated rings. The lowest BCUT2D eigenvalue weighted by Gasteiger charge is -2.34. The third-order valence-electron chi connectivity index (χ3n) is 10.9. The van der Waals surface area contributed by atoms with Crippen LogP contribution in [0.15, 0.2) is 231 Å². The highest BCUT2D eigenvalue weighted by Crippen LogP contribution is 2.52. The first-order valence-corrected chi connectivity index (χ1v) is 19.8. The van der Waals surface area contributed by atoms with Gasteiger partial charge >= 0.3 is 0 Å². The molecule has 1 N–H and O–H groups in total. The highest BCUT2D eigenvalue weighted by Gasteiger charge is 2.44. The Kier molecular flexibility index (Phi) is 9.26. The summed E-state index contributed by atoms with van der Waals surface area (Å²) in [6, 6.07) is 81.7. The van der Waals surface area contributed by atoms with Crippen molar-refractivity contribution in [1.29, 1.82) is 0 Å². The van der Waals surface area contributed by atoms with Gasteiger partial charge in [0.2, 0.25) is 0 Å². The largest absolute Gasteiger partial charge is 0.338 e. The van der Waals surface area contributed by atoms with Crippen LogP contribution in [0.3, 0.4) is 0 Å². The molecular weight excluding hydrogens is 705 g/mol. The number of nitrogens with one attached hydrogen (secondary N) is 1. The van der Waals surface area contributed by atoms with E-state index in [4.69, 9.17) is 4.98 Å². The molecular formula is C54H40N4. The van der Waals surface area contributed by atoms with E-state index in [-0.39, 0.29) is 0 Å². The fraction of sp³-hybridized carbons (Fsp3) is 0.0185. The summed E-state index contributed by atoms with van der Waals surface area (Å²) in [4.78, 5) is 14.5. The maximum Gasteiger partial charge on any atom is 0.170 e. The van der Waals surface area contributed by atoms with Crippen LogP contribution >= 0.6 is 0 Å². The summed E-state index contributed by atoms with van der Waals surface area (Å²) in [5, 5.41) is 0. The van der Waals surface area contributed by atoms with Crippen LogP contribution in [0.2, 0.25) is 0 Å². The Morgan fingerprint density at radius 1 is 0.310 bits per heavy atom. The van der Waals surface area contributed by atoms with Crippen LogP contribution in [-0.2, 0) is 0 Å². The number of hydrogen-bond donors (Lipinski definition) is 1. The average molecular weight is 745 g/mol. The van der Waals surface area contributed by atoms with Gasteiger partial charge in [0.25, 0.3) is 0 Å². The van der Waals surface area contributed by atoms with Crippen LogP contribution in [0.25, 0.3) is 56.2 Å². The lowest BCUT2D eigenvalue weighted by atomic mass is 10.0. The molecule has 1 aliphatic heterocycles. The molecule has 0 bridgehead atoms. The molecule has 0 spiro atoms. The maximum atomic E-state index is 5.61. The van der Waals surface area contributed by atoms with Crippen molar-refractivity contribution in [3.05, 3.63) is 247 Å². The number of benzene rings is 8. The quantitative estimate of drug-likeness (QED) is 0.160. The predicted molar refractivity (Wildman–Crippen MR) is 241 cm³/mol. The van der Waals surface area contributed by atoms with Crippen LogP contribution in [0, 0.1) is 0 Å². The summed E-state index contributed by atoms with van der Waals surface area (Å²) in [5.41, 5.74) is 15.2. The third kappa shape index (κ3) is 6.57. The molecule has 0 unspecified atom stereocenters. The number of nitrogens with zero attached hydrogens (tertiary/aromatic N) is 3. The summed E-state index contributed by atoms with van der Waals surface area (Å²) >= 11 is 0. The first kappa shape index (κ1) is 34.8. The lowest BCUT2D eigenvalue weighted by molar-refractivity contribution is 0.699. The van der Waals surface area contributed by atoms with E-state index < -0.39 is 6.17 Å². The molecule has 2 heterocycles. The molecule has 1 aliphatic rings. The Labute approximate surface area is 339 Å². The topological polar surface area (TPSA) is 35.2 Å². The zero-order valence-corrected chi connectivity index (χ0v) is 31.9. The zero-order chi connectivity index (χ0) is 38.7. The van der Waals surface area contributed by atoms with Gasteiger partial charge in [-0.3, -0.25) is 0 Å². The molecule has 0 atom stereocenters. The summed E-state index contributed by atoms with van der Waals surface area (Å²) in [6.45, 7) is 0. The van der Waals surface area contributed by atoms with Gasteiger partial charge in [-0.15, -0.1) is 0 Å². The van der Waals surface area contributed by atoms with Crippen LogP contribution in [-0.4, -0.2) is 9.97 Å². The van der Waals surface area contributed by atoms with Crippen molar-refractivity contribution in [1.82, 2.24) is 9.97 Å². The van der Waals surface area contributed by atoms with Crippen LogP contribution < -0.4 is 9.80 Å². The van der Waals surface area contributed by atoms with E-state index in [0.29, 0.717) is 0 Å². The molecule has 10 rings (SSSR count). The highest BCUT2D eigenvalue weighted by atomic mass is 15.4. The lowest BCUT2D eigenvalue weighted by Crippen LogP contribution is -2.33. The Hall–Kier alpha value is -7.69. The van der Waals surface area contributed by atoms with Gasteiger partial charge in [-0.25, -0.2) is 4.98 Å². The van der Waals surface area contributed by atoms with Crippen molar-refractivity contribution in [3.8, 4) is 44.8 Å². The second-order valence-electron chi connectivity index (χ2n) is 14.4. The van der Waals surface area contributed by atoms with Gasteiger partial charge in [-0.1, -0.05) is 206 Å². The molecule has 4 nitrogen and oxygen atoms in total. The maximum absolute atomic E-state index is 5.61. The normalized spacial score (nSPS) is 13.0. The first-order valence-electron chi connectivity index (χ1n) is 19.8. The van der Waals surface area contributed by atoms with E-state index in [9.17, 15) is 0 Å². The van der Waals surface area contributed by atoms with Crippen molar-refractivity contribution < 1.29 is 0 Å². The molecule has 0 amide bonds. The predicted octanol–water partition coefficient (Wildman–Crippen LogP) is 13.6. The number of imidazole rings is 1. The van der Waals surface area contributed by atoms with Crippen molar-refractivity contribution in [2.45, 2.75) is 6.17 Å². The Morgan fingerprint density at radius 2 is 0.621 bits per heavy atom. The van der Waals surface area contributed by atoms with Crippen molar-refractivity contribution in [3.63, 3.8) is 0 Å².